The van der Waals surface area contributed by atoms with Crippen molar-refractivity contribution < 1.29 is 13.7 Å². The van der Waals surface area contributed by atoms with Gasteiger partial charge in [-0.2, -0.15) is 0 Å². The minimum Gasteiger partial charge on any atom is -0.598 e. The third kappa shape index (κ3) is 3.71. The van der Waals surface area contributed by atoms with Crippen molar-refractivity contribution in [3.8, 4) is 5.75 Å². The number of hydrogen-bond donors (Lipinski definition) is 1. The first-order chi connectivity index (χ1) is 10.1. The second-order valence-electron chi connectivity index (χ2n) is 7.03. The zero-order chi connectivity index (χ0) is 16.7. The molecule has 0 radical (unpaired) electrons. The van der Waals surface area contributed by atoms with Crippen molar-refractivity contribution in [2.45, 2.75) is 57.4 Å². The van der Waals surface area contributed by atoms with Crippen LogP contribution in [0.5, 0.6) is 5.75 Å². The molecule has 1 N–H and O–H groups in total. The number of hydrogen-bond acceptors (Lipinski definition) is 3. The van der Waals surface area contributed by atoms with E-state index in [1.54, 1.807) is 6.07 Å². The lowest BCUT2D eigenvalue weighted by Crippen LogP contribution is -2.40. The molecule has 0 fully saturated rings. The van der Waals surface area contributed by atoms with Gasteiger partial charge in [-0.15, -0.1) is 4.72 Å². The quantitative estimate of drug-likeness (QED) is 0.437. The van der Waals surface area contributed by atoms with Crippen molar-refractivity contribution >= 4 is 34.0 Å². The van der Waals surface area contributed by atoms with E-state index in [2.05, 4.69) is 27.3 Å². The Hall–Kier alpha value is -0.0500. The Balaban J connectivity index is 2.30. The molecular weight excluding hydrogens is 416 g/mol. The van der Waals surface area contributed by atoms with E-state index in [4.69, 9.17) is 4.74 Å². The maximum Gasteiger partial charge on any atom is 0.136 e. The van der Waals surface area contributed by atoms with Crippen LogP contribution in [-0.4, -0.2) is 19.3 Å². The van der Waals surface area contributed by atoms with Gasteiger partial charge in [0.2, 0.25) is 0 Å². The van der Waals surface area contributed by atoms with Gasteiger partial charge in [-0.25, -0.2) is 4.39 Å². The number of rotatable bonds is 4. The van der Waals surface area contributed by atoms with Crippen molar-refractivity contribution in [3.63, 3.8) is 0 Å². The first-order valence-corrected chi connectivity index (χ1v) is 9.99. The van der Waals surface area contributed by atoms with E-state index in [0.717, 1.165) is 9.99 Å². The SMILES string of the molecule is C[C@@H](N[S@+]([O-])C(C)(C)C)c1ccc(F)c2c1O[C@@](C)(CI)C2. The molecule has 1 heterocycles. The first kappa shape index (κ1) is 18.3. The molecule has 0 unspecified atom stereocenters. The van der Waals surface area contributed by atoms with Gasteiger partial charge >= 0.3 is 0 Å². The molecule has 0 bridgehead atoms. The predicted molar refractivity (Wildman–Crippen MR) is 97.5 cm³/mol. The fraction of sp³-hybridized carbons (Fsp3) is 0.625. The summed E-state index contributed by atoms with van der Waals surface area (Å²) in [7, 11) is 0. The van der Waals surface area contributed by atoms with Crippen LogP contribution in [-0.2, 0) is 17.8 Å². The Morgan fingerprint density at radius 1 is 1.50 bits per heavy atom. The summed E-state index contributed by atoms with van der Waals surface area (Å²) in [6, 6.07) is 3.03. The fourth-order valence-corrected chi connectivity index (χ4v) is 3.61. The summed E-state index contributed by atoms with van der Waals surface area (Å²) < 4.78 is 36.0. The molecule has 0 spiro atoms. The lowest BCUT2D eigenvalue weighted by Gasteiger charge is -2.27. The zero-order valence-corrected chi connectivity index (χ0v) is 16.6. The normalized spacial score (nSPS) is 23.8. The third-order valence-electron chi connectivity index (χ3n) is 3.72. The van der Waals surface area contributed by atoms with Crippen molar-refractivity contribution in [1.29, 1.82) is 0 Å². The second-order valence-corrected chi connectivity index (χ2v) is 9.79. The standard InChI is InChI=1S/C16H23FINO2S/c1-10(19-22(20)15(2,3)4)11-6-7-13(17)12-8-16(5,9-18)21-14(11)12/h6-7,10,19H,8-9H2,1-5H3/t10-,16-,22-/m1/s1. The monoisotopic (exact) mass is 439 g/mol. The average Bonchev–Trinajstić information content (AvgIpc) is 2.77. The highest BCUT2D eigenvalue weighted by molar-refractivity contribution is 14.1. The average molecular weight is 439 g/mol. The Labute approximate surface area is 148 Å². The molecule has 0 saturated carbocycles. The van der Waals surface area contributed by atoms with Crippen molar-refractivity contribution in [2.24, 2.45) is 0 Å². The summed E-state index contributed by atoms with van der Waals surface area (Å²) in [5, 5.41) is 0. The Kier molecular flexibility index (Phi) is 5.36. The summed E-state index contributed by atoms with van der Waals surface area (Å²) in [5.41, 5.74) is 1.12. The highest BCUT2D eigenvalue weighted by Gasteiger charge is 2.39. The molecule has 0 aromatic heterocycles. The van der Waals surface area contributed by atoms with E-state index in [9.17, 15) is 8.94 Å². The van der Waals surface area contributed by atoms with Crippen LogP contribution >= 0.6 is 22.6 Å². The first-order valence-electron chi connectivity index (χ1n) is 7.32. The van der Waals surface area contributed by atoms with Gasteiger partial charge in [-0.1, -0.05) is 28.7 Å². The molecule has 3 atom stereocenters. The summed E-state index contributed by atoms with van der Waals surface area (Å²) >= 11 is 1.07. The molecule has 0 saturated heterocycles. The summed E-state index contributed by atoms with van der Waals surface area (Å²) in [4.78, 5) is 0. The summed E-state index contributed by atoms with van der Waals surface area (Å²) in [6.45, 7) is 9.68. The predicted octanol–water partition coefficient (Wildman–Crippen LogP) is 4.07. The Morgan fingerprint density at radius 3 is 2.68 bits per heavy atom. The highest BCUT2D eigenvalue weighted by Crippen LogP contribution is 2.42. The van der Waals surface area contributed by atoms with Crippen LogP contribution in [0, 0.1) is 5.82 Å². The number of halogens is 2. The molecule has 1 aliphatic rings. The maximum atomic E-state index is 14.1. The smallest absolute Gasteiger partial charge is 0.136 e. The molecule has 2 rings (SSSR count). The minimum atomic E-state index is -1.19. The van der Waals surface area contributed by atoms with Gasteiger partial charge in [0.1, 0.15) is 21.9 Å². The van der Waals surface area contributed by atoms with E-state index in [0.29, 0.717) is 17.7 Å². The van der Waals surface area contributed by atoms with Gasteiger partial charge in [0, 0.05) is 33.3 Å². The largest absolute Gasteiger partial charge is 0.598 e. The van der Waals surface area contributed by atoms with Crippen LogP contribution in [0.4, 0.5) is 4.39 Å². The molecule has 3 nitrogen and oxygen atoms in total. The van der Waals surface area contributed by atoms with Crippen LogP contribution in [0.2, 0.25) is 0 Å². The molecule has 6 heteroatoms. The second kappa shape index (κ2) is 6.45. The van der Waals surface area contributed by atoms with Gasteiger partial charge < -0.3 is 9.29 Å². The van der Waals surface area contributed by atoms with Crippen LogP contribution in [0.25, 0.3) is 0 Å². The topological polar surface area (TPSA) is 44.3 Å². The number of ether oxygens (including phenoxy) is 1. The number of nitrogens with one attached hydrogen (secondary N) is 1. The maximum absolute atomic E-state index is 14.1. The van der Waals surface area contributed by atoms with Gasteiger partial charge in [0.15, 0.2) is 0 Å². The van der Waals surface area contributed by atoms with Crippen LogP contribution in [0.1, 0.15) is 51.8 Å². The van der Waals surface area contributed by atoms with E-state index >= 15 is 0 Å². The molecule has 124 valence electrons. The lowest BCUT2D eigenvalue weighted by atomic mass is 9.98. The van der Waals surface area contributed by atoms with E-state index in [1.807, 2.05) is 34.6 Å². The van der Waals surface area contributed by atoms with Crippen LogP contribution in [0.3, 0.4) is 0 Å². The Morgan fingerprint density at radius 2 is 2.14 bits per heavy atom. The van der Waals surface area contributed by atoms with Crippen molar-refractivity contribution in [1.82, 2.24) is 4.72 Å². The number of benzene rings is 1. The lowest BCUT2D eigenvalue weighted by molar-refractivity contribution is 0.145. The molecule has 22 heavy (non-hydrogen) atoms. The van der Waals surface area contributed by atoms with E-state index < -0.39 is 11.4 Å². The molecule has 0 aliphatic carbocycles. The van der Waals surface area contributed by atoms with Gasteiger partial charge in [-0.3, -0.25) is 0 Å². The van der Waals surface area contributed by atoms with Crippen LogP contribution in [0.15, 0.2) is 12.1 Å². The Bertz CT molecular complexity index is 564. The fourth-order valence-electron chi connectivity index (χ4n) is 2.38. The van der Waals surface area contributed by atoms with Crippen molar-refractivity contribution in [3.05, 3.63) is 29.1 Å². The molecular formula is C16H23FINO2S. The third-order valence-corrected chi connectivity index (χ3v) is 7.02. The highest BCUT2D eigenvalue weighted by atomic mass is 127. The molecule has 1 aromatic carbocycles. The van der Waals surface area contributed by atoms with Gasteiger partial charge in [0.05, 0.1) is 6.04 Å². The summed E-state index contributed by atoms with van der Waals surface area (Å²) in [6.07, 6.45) is 0.569. The van der Waals surface area contributed by atoms with Crippen LogP contribution < -0.4 is 9.46 Å². The van der Waals surface area contributed by atoms with Gasteiger partial charge in [0.25, 0.3) is 0 Å². The zero-order valence-electron chi connectivity index (χ0n) is 13.6. The number of alkyl halides is 1. The number of fused-ring (bicyclic) bond motifs is 1. The summed E-state index contributed by atoms with van der Waals surface area (Å²) in [5.74, 6) is 0.390. The van der Waals surface area contributed by atoms with E-state index in [1.165, 1.54) is 6.07 Å². The molecule has 1 aromatic rings. The van der Waals surface area contributed by atoms with E-state index in [-0.39, 0.29) is 22.2 Å². The molecule has 1 aliphatic heterocycles. The van der Waals surface area contributed by atoms with Crippen molar-refractivity contribution in [2.75, 3.05) is 4.43 Å². The van der Waals surface area contributed by atoms with Gasteiger partial charge in [-0.05, 0) is 40.7 Å². The molecule has 0 amide bonds. The minimum absolute atomic E-state index is 0.175.